The molecule has 5 heteroatoms. The minimum absolute atomic E-state index is 0.0348. The summed E-state index contributed by atoms with van der Waals surface area (Å²) in [6, 6.07) is 4.24. The van der Waals surface area contributed by atoms with Crippen LogP contribution in [0.25, 0.3) is 0 Å². The maximum absolute atomic E-state index is 14.2. The third-order valence-electron chi connectivity index (χ3n) is 5.27. The number of hydrogen-bond acceptors (Lipinski definition) is 2. The Labute approximate surface area is 135 Å². The molecule has 1 saturated carbocycles. The fourth-order valence-electron chi connectivity index (χ4n) is 4.07. The van der Waals surface area contributed by atoms with Crippen molar-refractivity contribution in [1.82, 2.24) is 10.6 Å². The van der Waals surface area contributed by atoms with Gasteiger partial charge in [0.1, 0.15) is 11.6 Å². The van der Waals surface area contributed by atoms with E-state index in [9.17, 15) is 13.6 Å². The highest BCUT2D eigenvalue weighted by Gasteiger charge is 2.40. The fourth-order valence-corrected chi connectivity index (χ4v) is 4.07. The summed E-state index contributed by atoms with van der Waals surface area (Å²) in [4.78, 5) is 12.2. The van der Waals surface area contributed by atoms with Crippen LogP contribution >= 0.6 is 0 Å². The van der Waals surface area contributed by atoms with Crippen molar-refractivity contribution in [1.29, 1.82) is 0 Å². The number of halogens is 2. The van der Waals surface area contributed by atoms with Crippen LogP contribution in [0.15, 0.2) is 18.2 Å². The highest BCUT2D eigenvalue weighted by Crippen LogP contribution is 2.42. The molecule has 1 aliphatic carbocycles. The van der Waals surface area contributed by atoms with Crippen molar-refractivity contribution in [2.45, 2.75) is 56.4 Å². The van der Waals surface area contributed by atoms with Gasteiger partial charge in [-0.3, -0.25) is 4.79 Å². The molecule has 0 aromatic heterocycles. The molecular weight excluding hydrogens is 298 g/mol. The molecule has 1 amide bonds. The zero-order valence-electron chi connectivity index (χ0n) is 13.3. The number of hydrogen-bond donors (Lipinski definition) is 2. The molecule has 126 valence electrons. The predicted molar refractivity (Wildman–Crippen MR) is 85.2 cm³/mol. The van der Waals surface area contributed by atoms with Crippen molar-refractivity contribution >= 4 is 5.91 Å². The maximum atomic E-state index is 14.2. The van der Waals surface area contributed by atoms with Gasteiger partial charge in [-0.05, 0) is 44.4 Å². The van der Waals surface area contributed by atoms with Crippen molar-refractivity contribution < 1.29 is 13.6 Å². The van der Waals surface area contributed by atoms with E-state index in [0.717, 1.165) is 32.2 Å². The number of carbonyl (C=O) groups is 1. The van der Waals surface area contributed by atoms with Crippen molar-refractivity contribution in [3.05, 3.63) is 35.4 Å². The Balaban J connectivity index is 1.70. The van der Waals surface area contributed by atoms with Gasteiger partial charge in [0.25, 0.3) is 0 Å². The van der Waals surface area contributed by atoms with Gasteiger partial charge in [0.15, 0.2) is 0 Å². The van der Waals surface area contributed by atoms with Crippen LogP contribution in [-0.4, -0.2) is 25.0 Å². The van der Waals surface area contributed by atoms with Gasteiger partial charge in [-0.1, -0.05) is 18.9 Å². The van der Waals surface area contributed by atoms with E-state index in [-0.39, 0.29) is 17.5 Å². The SMILES string of the molecule is O=C(CC1CCCN1)NCC1(c2c(F)cccc2F)CCCC1. The molecular formula is C18H24F2N2O. The maximum Gasteiger partial charge on any atom is 0.221 e. The monoisotopic (exact) mass is 322 g/mol. The molecule has 1 heterocycles. The number of benzene rings is 1. The highest BCUT2D eigenvalue weighted by atomic mass is 19.1. The third-order valence-corrected chi connectivity index (χ3v) is 5.27. The Bertz CT molecular complexity index is 544. The van der Waals surface area contributed by atoms with Crippen LogP contribution in [0.5, 0.6) is 0 Å². The van der Waals surface area contributed by atoms with Gasteiger partial charge in [0.2, 0.25) is 5.91 Å². The summed E-state index contributed by atoms with van der Waals surface area (Å²) in [6.07, 6.45) is 5.86. The lowest BCUT2D eigenvalue weighted by Gasteiger charge is -2.31. The first-order chi connectivity index (χ1) is 11.1. The van der Waals surface area contributed by atoms with Crippen LogP contribution < -0.4 is 10.6 Å². The summed E-state index contributed by atoms with van der Waals surface area (Å²) in [7, 11) is 0. The van der Waals surface area contributed by atoms with Crippen molar-refractivity contribution in [2.75, 3.05) is 13.1 Å². The quantitative estimate of drug-likeness (QED) is 0.875. The highest BCUT2D eigenvalue weighted by molar-refractivity contribution is 5.76. The normalized spacial score (nSPS) is 23.1. The Hall–Kier alpha value is -1.49. The van der Waals surface area contributed by atoms with Crippen molar-refractivity contribution in [2.24, 2.45) is 0 Å². The first-order valence-corrected chi connectivity index (χ1v) is 8.55. The van der Waals surface area contributed by atoms with Gasteiger partial charge < -0.3 is 10.6 Å². The number of rotatable bonds is 5. The number of carbonyl (C=O) groups excluding carboxylic acids is 1. The average Bonchev–Trinajstić information content (AvgIpc) is 3.17. The molecule has 2 N–H and O–H groups in total. The summed E-state index contributed by atoms with van der Waals surface area (Å²) in [5, 5.41) is 6.23. The number of amides is 1. The molecule has 1 atom stereocenters. The van der Waals surface area contributed by atoms with Gasteiger partial charge in [0, 0.05) is 30.0 Å². The van der Waals surface area contributed by atoms with Gasteiger partial charge >= 0.3 is 0 Å². The Kier molecular flexibility index (Phi) is 4.95. The second-order valence-electron chi connectivity index (χ2n) is 6.86. The van der Waals surface area contributed by atoms with Crippen LogP contribution in [0.3, 0.4) is 0 Å². The van der Waals surface area contributed by atoms with E-state index in [2.05, 4.69) is 10.6 Å². The summed E-state index contributed by atoms with van der Waals surface area (Å²) < 4.78 is 28.5. The van der Waals surface area contributed by atoms with E-state index >= 15 is 0 Å². The van der Waals surface area contributed by atoms with Gasteiger partial charge in [-0.25, -0.2) is 8.78 Å². The fraction of sp³-hybridized carbons (Fsp3) is 0.611. The van der Waals surface area contributed by atoms with E-state index in [1.165, 1.54) is 18.2 Å². The molecule has 0 spiro atoms. The molecule has 3 rings (SSSR count). The zero-order chi connectivity index (χ0) is 16.3. The van der Waals surface area contributed by atoms with Crippen LogP contribution in [-0.2, 0) is 10.2 Å². The predicted octanol–water partition coefficient (Wildman–Crippen LogP) is 3.03. The Morgan fingerprint density at radius 2 is 1.91 bits per heavy atom. The van der Waals surface area contributed by atoms with Gasteiger partial charge in [0.05, 0.1) is 0 Å². The summed E-state index contributed by atoms with van der Waals surface area (Å²) in [5.41, 5.74) is -0.453. The number of nitrogens with one attached hydrogen (secondary N) is 2. The second kappa shape index (κ2) is 6.95. The standard InChI is InChI=1S/C18H24F2N2O/c19-14-6-3-7-15(20)17(14)18(8-1-2-9-18)12-22-16(23)11-13-5-4-10-21-13/h3,6-7,13,21H,1-2,4-5,8-12H2,(H,22,23). The van der Waals surface area contributed by atoms with E-state index in [1.54, 1.807) is 0 Å². The summed E-state index contributed by atoms with van der Waals surface area (Å²) in [6.45, 7) is 1.28. The molecule has 0 bridgehead atoms. The van der Waals surface area contributed by atoms with Crippen LogP contribution in [0, 0.1) is 11.6 Å². The first-order valence-electron chi connectivity index (χ1n) is 8.55. The van der Waals surface area contributed by atoms with Crippen LogP contribution in [0.2, 0.25) is 0 Å². The van der Waals surface area contributed by atoms with E-state index < -0.39 is 17.0 Å². The lowest BCUT2D eigenvalue weighted by atomic mass is 9.78. The van der Waals surface area contributed by atoms with Crippen LogP contribution in [0.4, 0.5) is 8.78 Å². The lowest BCUT2D eigenvalue weighted by Crippen LogP contribution is -2.41. The van der Waals surface area contributed by atoms with Gasteiger partial charge in [-0.15, -0.1) is 0 Å². The Morgan fingerprint density at radius 1 is 1.22 bits per heavy atom. The molecule has 1 unspecified atom stereocenters. The molecule has 1 saturated heterocycles. The average molecular weight is 322 g/mol. The minimum atomic E-state index is -0.603. The molecule has 23 heavy (non-hydrogen) atoms. The van der Waals surface area contributed by atoms with Gasteiger partial charge in [-0.2, -0.15) is 0 Å². The second-order valence-corrected chi connectivity index (χ2v) is 6.86. The molecule has 1 aromatic carbocycles. The molecule has 3 nitrogen and oxygen atoms in total. The minimum Gasteiger partial charge on any atom is -0.355 e. The first kappa shape index (κ1) is 16.4. The largest absolute Gasteiger partial charge is 0.355 e. The summed E-state index contributed by atoms with van der Waals surface area (Å²) >= 11 is 0. The molecule has 2 aliphatic rings. The van der Waals surface area contributed by atoms with Crippen molar-refractivity contribution in [3.63, 3.8) is 0 Å². The zero-order valence-corrected chi connectivity index (χ0v) is 13.3. The topological polar surface area (TPSA) is 41.1 Å². The van der Waals surface area contributed by atoms with Crippen LogP contribution in [0.1, 0.15) is 50.5 Å². The molecule has 1 aromatic rings. The summed E-state index contributed by atoms with van der Waals surface area (Å²) in [5.74, 6) is -1.04. The van der Waals surface area contributed by atoms with E-state index in [1.807, 2.05) is 0 Å². The van der Waals surface area contributed by atoms with Crippen molar-refractivity contribution in [3.8, 4) is 0 Å². The smallest absolute Gasteiger partial charge is 0.221 e. The van der Waals surface area contributed by atoms with E-state index in [4.69, 9.17) is 0 Å². The third kappa shape index (κ3) is 3.55. The molecule has 1 aliphatic heterocycles. The molecule has 2 fully saturated rings. The lowest BCUT2D eigenvalue weighted by molar-refractivity contribution is -0.121. The van der Waals surface area contributed by atoms with E-state index in [0.29, 0.717) is 25.8 Å². The Morgan fingerprint density at radius 3 is 2.52 bits per heavy atom. The molecule has 0 radical (unpaired) electrons.